The van der Waals surface area contributed by atoms with Crippen LogP contribution in [0.15, 0.2) is 77.7 Å². The monoisotopic (exact) mass is 438 g/mol. The lowest BCUT2D eigenvalue weighted by Gasteiger charge is -2.22. The second-order valence-corrected chi connectivity index (χ2v) is 9.22. The average Bonchev–Trinajstić information content (AvgIpc) is 2.79. The highest BCUT2D eigenvalue weighted by molar-refractivity contribution is 7.92. The summed E-state index contributed by atoms with van der Waals surface area (Å²) in [4.78, 5) is 13.0. The van der Waals surface area contributed by atoms with E-state index in [0.29, 0.717) is 16.8 Å². The minimum Gasteiger partial charge on any atom is -0.497 e. The fourth-order valence-corrected chi connectivity index (χ4v) is 4.57. The van der Waals surface area contributed by atoms with Crippen molar-refractivity contribution >= 4 is 21.6 Å². The number of hydrogen-bond donors (Lipinski definition) is 1. The topological polar surface area (TPSA) is 75.7 Å². The molecule has 3 aromatic rings. The van der Waals surface area contributed by atoms with E-state index in [9.17, 15) is 13.2 Å². The average molecular weight is 439 g/mol. The molecule has 0 spiro atoms. The molecule has 1 N–H and O–H groups in total. The largest absolute Gasteiger partial charge is 0.497 e. The number of methoxy groups -OCH3 is 1. The maximum Gasteiger partial charge on any atom is 0.264 e. The SMILES string of the molecule is COc1ccc(C(C)NC(=O)c2ccc(N(C)S(=O)(=O)c3ccccc3)c(C)c2)cc1. The number of aryl methyl sites for hydroxylation is 1. The molecular formula is C24H26N2O4S. The van der Waals surface area contributed by atoms with Crippen molar-refractivity contribution in [2.24, 2.45) is 0 Å². The molecule has 3 rings (SSSR count). The van der Waals surface area contributed by atoms with E-state index in [-0.39, 0.29) is 16.8 Å². The smallest absolute Gasteiger partial charge is 0.264 e. The predicted molar refractivity (Wildman–Crippen MR) is 122 cm³/mol. The van der Waals surface area contributed by atoms with Gasteiger partial charge >= 0.3 is 0 Å². The third-order valence-corrected chi connectivity index (χ3v) is 6.95. The van der Waals surface area contributed by atoms with Crippen LogP contribution in [-0.4, -0.2) is 28.5 Å². The Morgan fingerprint density at radius 2 is 1.65 bits per heavy atom. The number of anilines is 1. The van der Waals surface area contributed by atoms with Crippen molar-refractivity contribution in [3.05, 3.63) is 89.5 Å². The summed E-state index contributed by atoms with van der Waals surface area (Å²) in [7, 11) is -0.570. The van der Waals surface area contributed by atoms with Crippen LogP contribution in [0.2, 0.25) is 0 Å². The van der Waals surface area contributed by atoms with E-state index in [2.05, 4.69) is 5.32 Å². The van der Waals surface area contributed by atoms with Gasteiger partial charge in [-0.25, -0.2) is 8.42 Å². The number of nitrogens with zero attached hydrogens (tertiary/aromatic N) is 1. The first kappa shape index (κ1) is 22.4. The predicted octanol–water partition coefficient (Wildman–Crippen LogP) is 4.32. The van der Waals surface area contributed by atoms with Crippen molar-refractivity contribution in [2.75, 3.05) is 18.5 Å². The number of sulfonamides is 1. The second-order valence-electron chi connectivity index (χ2n) is 7.26. The molecule has 0 radical (unpaired) electrons. The quantitative estimate of drug-likeness (QED) is 0.596. The standard InChI is InChI=1S/C24H26N2O4S/c1-17-16-20(24(27)25-18(2)19-10-13-21(30-4)14-11-19)12-15-23(17)26(3)31(28,29)22-8-6-5-7-9-22/h5-16,18H,1-4H3,(H,25,27). The molecule has 1 unspecified atom stereocenters. The normalized spacial score (nSPS) is 12.1. The number of nitrogens with one attached hydrogen (secondary N) is 1. The van der Waals surface area contributed by atoms with E-state index >= 15 is 0 Å². The summed E-state index contributed by atoms with van der Waals surface area (Å²) in [6.45, 7) is 3.69. The van der Waals surface area contributed by atoms with E-state index in [1.807, 2.05) is 31.2 Å². The molecular weight excluding hydrogens is 412 g/mol. The molecule has 0 saturated heterocycles. The van der Waals surface area contributed by atoms with Gasteiger partial charge < -0.3 is 10.1 Å². The van der Waals surface area contributed by atoms with Gasteiger partial charge in [0.2, 0.25) is 0 Å². The molecule has 0 aromatic heterocycles. The van der Waals surface area contributed by atoms with E-state index in [1.54, 1.807) is 62.6 Å². The summed E-state index contributed by atoms with van der Waals surface area (Å²) in [5, 5.41) is 2.97. The van der Waals surface area contributed by atoms with Crippen molar-refractivity contribution in [1.29, 1.82) is 0 Å². The molecule has 7 heteroatoms. The maximum atomic E-state index is 12.9. The Kier molecular flexibility index (Phi) is 6.65. The zero-order valence-electron chi connectivity index (χ0n) is 18.0. The van der Waals surface area contributed by atoms with E-state index in [1.165, 1.54) is 11.4 Å². The number of benzene rings is 3. The van der Waals surface area contributed by atoms with Gasteiger partial charge in [0.05, 0.1) is 23.7 Å². The van der Waals surface area contributed by atoms with Crippen LogP contribution in [0, 0.1) is 6.92 Å². The van der Waals surface area contributed by atoms with Crippen LogP contribution < -0.4 is 14.4 Å². The number of rotatable bonds is 7. The third kappa shape index (κ3) is 4.88. The molecule has 1 amide bonds. The van der Waals surface area contributed by atoms with E-state index < -0.39 is 10.0 Å². The van der Waals surface area contributed by atoms with Gasteiger partial charge in [-0.1, -0.05) is 30.3 Å². The number of carbonyl (C=O) groups excluding carboxylic acids is 1. The van der Waals surface area contributed by atoms with Crippen molar-refractivity contribution in [1.82, 2.24) is 5.32 Å². The molecule has 162 valence electrons. The maximum absolute atomic E-state index is 12.9. The van der Waals surface area contributed by atoms with Gasteiger partial charge in [0.15, 0.2) is 0 Å². The van der Waals surface area contributed by atoms with Crippen LogP contribution in [0.25, 0.3) is 0 Å². The third-order valence-electron chi connectivity index (χ3n) is 5.16. The first-order chi connectivity index (χ1) is 14.7. The van der Waals surface area contributed by atoms with Gasteiger partial charge in [0.1, 0.15) is 5.75 Å². The van der Waals surface area contributed by atoms with Crippen LogP contribution in [0.5, 0.6) is 5.75 Å². The second kappa shape index (κ2) is 9.22. The Morgan fingerprint density at radius 1 is 1.00 bits per heavy atom. The molecule has 0 aliphatic rings. The minimum absolute atomic E-state index is 0.195. The molecule has 31 heavy (non-hydrogen) atoms. The lowest BCUT2D eigenvalue weighted by molar-refractivity contribution is 0.0940. The number of carbonyl (C=O) groups is 1. The summed E-state index contributed by atoms with van der Waals surface area (Å²) < 4.78 is 32.2. The van der Waals surface area contributed by atoms with Crippen LogP contribution in [0.4, 0.5) is 5.69 Å². The van der Waals surface area contributed by atoms with Crippen LogP contribution in [-0.2, 0) is 10.0 Å². The first-order valence-corrected chi connectivity index (χ1v) is 11.3. The molecule has 0 aliphatic carbocycles. The first-order valence-electron chi connectivity index (χ1n) is 9.83. The zero-order chi connectivity index (χ0) is 22.6. The van der Waals surface area contributed by atoms with Crippen molar-refractivity contribution in [2.45, 2.75) is 24.8 Å². The highest BCUT2D eigenvalue weighted by Gasteiger charge is 2.23. The molecule has 0 heterocycles. The highest BCUT2D eigenvalue weighted by atomic mass is 32.2. The molecule has 0 bridgehead atoms. The van der Waals surface area contributed by atoms with Gasteiger partial charge in [0, 0.05) is 12.6 Å². The Balaban J connectivity index is 1.77. The van der Waals surface area contributed by atoms with Gasteiger partial charge in [-0.2, -0.15) is 0 Å². The molecule has 6 nitrogen and oxygen atoms in total. The number of hydrogen-bond acceptors (Lipinski definition) is 4. The van der Waals surface area contributed by atoms with Crippen LogP contribution in [0.3, 0.4) is 0 Å². The molecule has 0 fully saturated rings. The number of amides is 1. The van der Waals surface area contributed by atoms with E-state index in [0.717, 1.165) is 11.3 Å². The summed E-state index contributed by atoms with van der Waals surface area (Å²) in [5.74, 6) is 0.523. The zero-order valence-corrected chi connectivity index (χ0v) is 18.8. The van der Waals surface area contributed by atoms with Gasteiger partial charge in [0.25, 0.3) is 15.9 Å². The fraction of sp³-hybridized carbons (Fsp3) is 0.208. The van der Waals surface area contributed by atoms with Crippen molar-refractivity contribution in [3.63, 3.8) is 0 Å². The summed E-state index contributed by atoms with van der Waals surface area (Å²) in [5.41, 5.74) is 2.62. The van der Waals surface area contributed by atoms with Gasteiger partial charge in [-0.3, -0.25) is 9.10 Å². The van der Waals surface area contributed by atoms with Crippen molar-refractivity contribution < 1.29 is 17.9 Å². The molecule has 3 aromatic carbocycles. The van der Waals surface area contributed by atoms with Gasteiger partial charge in [-0.05, 0) is 67.4 Å². The lowest BCUT2D eigenvalue weighted by atomic mass is 10.1. The summed E-state index contributed by atoms with van der Waals surface area (Å²) in [6.07, 6.45) is 0. The van der Waals surface area contributed by atoms with Gasteiger partial charge in [-0.15, -0.1) is 0 Å². The summed E-state index contributed by atoms with van der Waals surface area (Å²) in [6, 6.07) is 20.6. The molecule has 1 atom stereocenters. The molecule has 0 aliphatic heterocycles. The van der Waals surface area contributed by atoms with E-state index in [4.69, 9.17) is 4.74 Å². The van der Waals surface area contributed by atoms with Crippen molar-refractivity contribution in [3.8, 4) is 5.75 Å². The fourth-order valence-electron chi connectivity index (χ4n) is 3.29. The highest BCUT2D eigenvalue weighted by Crippen LogP contribution is 2.26. The Labute approximate surface area is 183 Å². The minimum atomic E-state index is -3.69. The summed E-state index contributed by atoms with van der Waals surface area (Å²) >= 11 is 0. The molecule has 0 saturated carbocycles. The van der Waals surface area contributed by atoms with Crippen LogP contribution in [0.1, 0.15) is 34.5 Å². The number of ether oxygens (including phenoxy) is 1. The van der Waals surface area contributed by atoms with Crippen LogP contribution >= 0.6 is 0 Å². The Morgan fingerprint density at radius 3 is 2.23 bits per heavy atom. The Hall–Kier alpha value is -3.32. The Bertz CT molecular complexity index is 1160. The lowest BCUT2D eigenvalue weighted by Crippen LogP contribution is -2.28.